The van der Waals surface area contributed by atoms with E-state index in [2.05, 4.69) is 4.98 Å². The number of alkyl halides is 3. The smallest absolute Gasteiger partial charge is 0.243 e. The van der Waals surface area contributed by atoms with Gasteiger partial charge in [-0.05, 0) is 29.3 Å². The van der Waals surface area contributed by atoms with Gasteiger partial charge in [-0.2, -0.15) is 13.2 Å². The van der Waals surface area contributed by atoms with Crippen LogP contribution in [0.15, 0.2) is 54.6 Å². The van der Waals surface area contributed by atoms with Gasteiger partial charge >= 0.3 is 6.18 Å². The van der Waals surface area contributed by atoms with E-state index in [0.717, 1.165) is 17.2 Å². The predicted molar refractivity (Wildman–Crippen MR) is 77.2 cm³/mol. The lowest BCUT2D eigenvalue weighted by Gasteiger charge is -2.10. The zero-order valence-corrected chi connectivity index (χ0v) is 11.4. The summed E-state index contributed by atoms with van der Waals surface area (Å²) in [5, 5.41) is 0.552. The first kappa shape index (κ1) is 13.9. The lowest BCUT2D eigenvalue weighted by Crippen LogP contribution is -2.07. The molecule has 0 amide bonds. The molecule has 0 fully saturated rings. The van der Waals surface area contributed by atoms with Crippen LogP contribution in [-0.4, -0.2) is 4.98 Å². The lowest BCUT2D eigenvalue weighted by atomic mass is 10.0. The van der Waals surface area contributed by atoms with Gasteiger partial charge in [0.1, 0.15) is 5.69 Å². The van der Waals surface area contributed by atoms with E-state index in [0.29, 0.717) is 5.39 Å². The van der Waals surface area contributed by atoms with E-state index in [9.17, 15) is 13.2 Å². The summed E-state index contributed by atoms with van der Waals surface area (Å²) in [5.74, 6) is 0. The number of benzene rings is 2. The van der Waals surface area contributed by atoms with Crippen LogP contribution in [0.25, 0.3) is 22.0 Å². The van der Waals surface area contributed by atoms with E-state index >= 15 is 0 Å². The van der Waals surface area contributed by atoms with Gasteiger partial charge in [0.05, 0.1) is 10.5 Å². The van der Waals surface area contributed by atoms with Crippen molar-refractivity contribution in [1.29, 1.82) is 0 Å². The lowest BCUT2D eigenvalue weighted by molar-refractivity contribution is -0.140. The Hall–Kier alpha value is -2.07. The quantitative estimate of drug-likeness (QED) is 0.572. The Kier molecular flexibility index (Phi) is 3.33. The monoisotopic (exact) mass is 307 g/mol. The first-order valence-corrected chi connectivity index (χ1v) is 6.56. The van der Waals surface area contributed by atoms with E-state index in [1.54, 1.807) is 18.2 Å². The average Bonchev–Trinajstić information content (AvgIpc) is 2.47. The van der Waals surface area contributed by atoms with Crippen LogP contribution in [0, 0.1) is 0 Å². The third kappa shape index (κ3) is 2.72. The summed E-state index contributed by atoms with van der Waals surface area (Å²) in [6, 6.07) is 15.4. The summed E-state index contributed by atoms with van der Waals surface area (Å²) in [5.41, 5.74) is 1.10. The van der Waals surface area contributed by atoms with Gasteiger partial charge in [0, 0.05) is 5.39 Å². The van der Waals surface area contributed by atoms with Gasteiger partial charge in [0.15, 0.2) is 0 Å². The zero-order valence-electron chi connectivity index (χ0n) is 10.7. The second-order valence-corrected chi connectivity index (χ2v) is 4.99. The molecule has 2 aromatic carbocycles. The van der Waals surface area contributed by atoms with E-state index in [-0.39, 0.29) is 10.5 Å². The van der Waals surface area contributed by atoms with E-state index in [1.165, 1.54) is 0 Å². The second-order valence-electron chi connectivity index (χ2n) is 4.59. The molecule has 1 aromatic heterocycles. The molecule has 0 aliphatic carbocycles. The van der Waals surface area contributed by atoms with Crippen LogP contribution >= 0.6 is 11.6 Å². The van der Waals surface area contributed by atoms with Gasteiger partial charge in [-0.25, -0.2) is 4.98 Å². The van der Waals surface area contributed by atoms with Crippen LogP contribution in [-0.2, 0) is 6.18 Å². The number of hydrogen-bond acceptors (Lipinski definition) is 1. The number of fused-ring (bicyclic) bond motifs is 1. The number of nitrogens with zero attached hydrogens (tertiary/aromatic N) is 1. The fourth-order valence-electron chi connectivity index (χ4n) is 2.14. The van der Waals surface area contributed by atoms with Crippen LogP contribution in [0.5, 0.6) is 0 Å². The summed E-state index contributed by atoms with van der Waals surface area (Å²) in [4.78, 5) is 3.63. The largest absolute Gasteiger partial charge is 0.433 e. The average molecular weight is 308 g/mol. The molecule has 3 aromatic rings. The van der Waals surface area contributed by atoms with Crippen molar-refractivity contribution in [2.75, 3.05) is 0 Å². The van der Waals surface area contributed by atoms with Gasteiger partial charge in [-0.3, -0.25) is 0 Å². The van der Waals surface area contributed by atoms with Gasteiger partial charge < -0.3 is 0 Å². The molecular weight excluding hydrogens is 299 g/mol. The highest BCUT2D eigenvalue weighted by Crippen LogP contribution is 2.34. The summed E-state index contributed by atoms with van der Waals surface area (Å²) in [6.07, 6.45) is -4.50. The van der Waals surface area contributed by atoms with Crippen molar-refractivity contribution in [2.45, 2.75) is 6.18 Å². The molecule has 0 N–H and O–H groups in total. The Balaban J connectivity index is 2.18. The molecule has 0 aliphatic rings. The molecule has 0 bridgehead atoms. The molecular formula is C16H9ClF3N. The molecule has 5 heteroatoms. The van der Waals surface area contributed by atoms with Crippen LogP contribution in [0.3, 0.4) is 0 Å². The SMILES string of the molecule is FC(F)(F)c1cc(Cl)c2cc(-c3ccccc3)ccc2n1. The second kappa shape index (κ2) is 5.04. The number of halogens is 4. The number of hydrogen-bond donors (Lipinski definition) is 0. The first-order chi connectivity index (χ1) is 9.95. The molecule has 3 rings (SSSR count). The Morgan fingerprint density at radius 3 is 2.24 bits per heavy atom. The predicted octanol–water partition coefficient (Wildman–Crippen LogP) is 5.57. The summed E-state index contributed by atoms with van der Waals surface area (Å²) < 4.78 is 38.2. The minimum atomic E-state index is -4.50. The fraction of sp³-hybridized carbons (Fsp3) is 0.0625. The molecule has 0 saturated carbocycles. The molecule has 0 aliphatic heterocycles. The summed E-state index contributed by atoms with van der Waals surface area (Å²) in [7, 11) is 0. The highest BCUT2D eigenvalue weighted by Gasteiger charge is 2.33. The molecule has 0 radical (unpaired) electrons. The van der Waals surface area contributed by atoms with Gasteiger partial charge in [-0.15, -0.1) is 0 Å². The Morgan fingerprint density at radius 1 is 0.857 bits per heavy atom. The zero-order chi connectivity index (χ0) is 15.0. The van der Waals surface area contributed by atoms with E-state index in [1.807, 2.05) is 30.3 Å². The van der Waals surface area contributed by atoms with Crippen molar-refractivity contribution in [3.63, 3.8) is 0 Å². The Morgan fingerprint density at radius 2 is 1.57 bits per heavy atom. The summed E-state index contributed by atoms with van der Waals surface area (Å²) >= 11 is 5.99. The summed E-state index contributed by atoms with van der Waals surface area (Å²) in [6.45, 7) is 0. The van der Waals surface area contributed by atoms with Crippen LogP contribution in [0.2, 0.25) is 5.02 Å². The molecule has 21 heavy (non-hydrogen) atoms. The van der Waals surface area contributed by atoms with Gasteiger partial charge in [0.25, 0.3) is 0 Å². The van der Waals surface area contributed by atoms with Crippen LogP contribution in [0.1, 0.15) is 5.69 Å². The van der Waals surface area contributed by atoms with Crippen molar-refractivity contribution < 1.29 is 13.2 Å². The van der Waals surface area contributed by atoms with Crippen molar-refractivity contribution >= 4 is 22.5 Å². The number of rotatable bonds is 1. The fourth-order valence-corrected chi connectivity index (χ4v) is 2.39. The topological polar surface area (TPSA) is 12.9 Å². The third-order valence-corrected chi connectivity index (χ3v) is 3.47. The van der Waals surface area contributed by atoms with Crippen molar-refractivity contribution in [1.82, 2.24) is 4.98 Å². The van der Waals surface area contributed by atoms with Gasteiger partial charge in [0.2, 0.25) is 0 Å². The third-order valence-electron chi connectivity index (χ3n) is 3.16. The molecule has 1 nitrogen and oxygen atoms in total. The highest BCUT2D eigenvalue weighted by atomic mass is 35.5. The van der Waals surface area contributed by atoms with Crippen LogP contribution < -0.4 is 0 Å². The van der Waals surface area contributed by atoms with Crippen LogP contribution in [0.4, 0.5) is 13.2 Å². The molecule has 0 spiro atoms. The number of pyridine rings is 1. The Labute approximate surface area is 124 Å². The minimum absolute atomic E-state index is 0.0464. The van der Waals surface area contributed by atoms with E-state index < -0.39 is 11.9 Å². The molecule has 106 valence electrons. The maximum Gasteiger partial charge on any atom is 0.433 e. The molecule has 1 heterocycles. The molecule has 0 saturated heterocycles. The minimum Gasteiger partial charge on any atom is -0.243 e. The van der Waals surface area contributed by atoms with Crippen molar-refractivity contribution in [3.8, 4) is 11.1 Å². The Bertz CT molecular complexity index is 798. The normalized spacial score (nSPS) is 11.8. The maximum atomic E-state index is 12.7. The van der Waals surface area contributed by atoms with Gasteiger partial charge in [-0.1, -0.05) is 48.0 Å². The highest BCUT2D eigenvalue weighted by molar-refractivity contribution is 6.35. The maximum absolute atomic E-state index is 12.7. The van der Waals surface area contributed by atoms with Crippen molar-refractivity contribution in [3.05, 3.63) is 65.3 Å². The molecule has 0 atom stereocenters. The van der Waals surface area contributed by atoms with E-state index in [4.69, 9.17) is 11.6 Å². The number of aromatic nitrogens is 1. The first-order valence-electron chi connectivity index (χ1n) is 6.18. The van der Waals surface area contributed by atoms with Crippen molar-refractivity contribution in [2.24, 2.45) is 0 Å². The molecule has 0 unspecified atom stereocenters. The standard InChI is InChI=1S/C16H9ClF3N/c17-13-9-15(16(18,19)20)21-14-7-6-11(8-12(13)14)10-4-2-1-3-5-10/h1-9H.